The highest BCUT2D eigenvalue weighted by atomic mass is 16.6. The Balaban J connectivity index is 1.84. The van der Waals surface area contributed by atoms with Crippen LogP contribution < -0.4 is 4.74 Å². The lowest BCUT2D eigenvalue weighted by Crippen LogP contribution is -2.31. The first-order chi connectivity index (χ1) is 9.04. The van der Waals surface area contributed by atoms with Gasteiger partial charge in [-0.2, -0.15) is 0 Å². The maximum atomic E-state index is 10.6. The average molecular weight is 267 g/mol. The van der Waals surface area contributed by atoms with Crippen molar-refractivity contribution in [2.45, 2.75) is 64.5 Å². The van der Waals surface area contributed by atoms with Gasteiger partial charge in [0.15, 0.2) is 0 Å². The van der Waals surface area contributed by atoms with Crippen molar-refractivity contribution in [3.05, 3.63) is 16.3 Å². The van der Waals surface area contributed by atoms with Crippen LogP contribution in [0.2, 0.25) is 0 Å². The summed E-state index contributed by atoms with van der Waals surface area (Å²) in [7, 11) is 0. The van der Waals surface area contributed by atoms with E-state index >= 15 is 0 Å². The number of fused-ring (bicyclic) bond motifs is 1. The Morgan fingerprint density at radius 2 is 2.21 bits per heavy atom. The molecule has 6 heteroatoms. The van der Waals surface area contributed by atoms with Crippen LogP contribution in [0.4, 0.5) is 5.82 Å². The first-order valence-corrected chi connectivity index (χ1v) is 6.95. The van der Waals surface area contributed by atoms with Gasteiger partial charge in [0.2, 0.25) is 0 Å². The van der Waals surface area contributed by atoms with Crippen LogP contribution in [0.15, 0.2) is 6.20 Å². The van der Waals surface area contributed by atoms with E-state index in [-0.39, 0.29) is 11.4 Å². The number of hydrogen-bond donors (Lipinski definition) is 0. The number of nitro groups is 1. The molecule has 6 nitrogen and oxygen atoms in total. The van der Waals surface area contributed by atoms with Gasteiger partial charge >= 0.3 is 11.8 Å². The molecule has 1 unspecified atom stereocenters. The fourth-order valence-electron chi connectivity index (χ4n) is 2.51. The van der Waals surface area contributed by atoms with Crippen LogP contribution in [0, 0.1) is 10.1 Å². The molecule has 0 saturated heterocycles. The van der Waals surface area contributed by atoms with Crippen LogP contribution in [-0.4, -0.2) is 20.1 Å². The lowest BCUT2D eigenvalue weighted by atomic mass is 9.98. The Bertz CT molecular complexity index is 432. The molecule has 0 fully saturated rings. The average Bonchev–Trinajstić information content (AvgIpc) is 2.84. The standard InChI is InChI=1S/C13H21N3O3/c1-3-4-5-6-7-8-13(2)10-15-9-11(16(17)18)14-12(15)19-13/h9H,3-8,10H2,1-2H3. The number of ether oxygens (including phenoxy) is 1. The van der Waals surface area contributed by atoms with Gasteiger partial charge in [-0.1, -0.05) is 32.6 Å². The number of unbranched alkanes of at least 4 members (excludes halogenated alkanes) is 4. The predicted octanol–water partition coefficient (Wildman–Crippen LogP) is 3.30. The second-order valence-electron chi connectivity index (χ2n) is 5.48. The van der Waals surface area contributed by atoms with E-state index in [0.29, 0.717) is 12.6 Å². The van der Waals surface area contributed by atoms with Crippen molar-refractivity contribution in [3.63, 3.8) is 0 Å². The molecule has 106 valence electrons. The van der Waals surface area contributed by atoms with Crippen molar-refractivity contribution < 1.29 is 9.66 Å². The van der Waals surface area contributed by atoms with E-state index in [0.717, 1.165) is 12.8 Å². The Labute approximate surface area is 112 Å². The van der Waals surface area contributed by atoms with Crippen LogP contribution in [0.1, 0.15) is 52.4 Å². The third kappa shape index (κ3) is 3.24. The van der Waals surface area contributed by atoms with Crippen molar-refractivity contribution in [3.8, 4) is 6.01 Å². The Hall–Kier alpha value is -1.59. The van der Waals surface area contributed by atoms with Gasteiger partial charge < -0.3 is 14.9 Å². The van der Waals surface area contributed by atoms with Crippen LogP contribution in [-0.2, 0) is 6.54 Å². The van der Waals surface area contributed by atoms with Gasteiger partial charge in [-0.15, -0.1) is 0 Å². The molecule has 19 heavy (non-hydrogen) atoms. The van der Waals surface area contributed by atoms with Crippen LogP contribution in [0.3, 0.4) is 0 Å². The molecule has 0 aromatic carbocycles. The summed E-state index contributed by atoms with van der Waals surface area (Å²) in [6, 6.07) is 0.378. The molecule has 0 amide bonds. The lowest BCUT2D eigenvalue weighted by molar-refractivity contribution is -0.389. The Kier molecular flexibility index (Phi) is 4.07. The summed E-state index contributed by atoms with van der Waals surface area (Å²) in [6.07, 6.45) is 8.56. The summed E-state index contributed by atoms with van der Waals surface area (Å²) in [4.78, 5) is 14.0. The van der Waals surface area contributed by atoms with Crippen molar-refractivity contribution in [2.24, 2.45) is 0 Å². The third-order valence-electron chi connectivity index (χ3n) is 3.57. The molecule has 0 spiro atoms. The second kappa shape index (κ2) is 5.59. The van der Waals surface area contributed by atoms with Crippen molar-refractivity contribution in [2.75, 3.05) is 0 Å². The summed E-state index contributed by atoms with van der Waals surface area (Å²) in [6.45, 7) is 4.90. The maximum absolute atomic E-state index is 10.6. The van der Waals surface area contributed by atoms with Gasteiger partial charge in [-0.05, 0) is 24.7 Å². The summed E-state index contributed by atoms with van der Waals surface area (Å²) in [5.41, 5.74) is -0.260. The van der Waals surface area contributed by atoms with E-state index in [4.69, 9.17) is 4.74 Å². The van der Waals surface area contributed by atoms with E-state index in [1.807, 2.05) is 6.92 Å². The van der Waals surface area contributed by atoms with E-state index in [9.17, 15) is 10.1 Å². The van der Waals surface area contributed by atoms with Crippen LogP contribution in [0.5, 0.6) is 6.01 Å². The molecular weight excluding hydrogens is 246 g/mol. The number of hydrogen-bond acceptors (Lipinski definition) is 4. The summed E-state index contributed by atoms with van der Waals surface area (Å²) in [5.74, 6) is -0.139. The van der Waals surface area contributed by atoms with E-state index in [1.165, 1.54) is 31.9 Å². The topological polar surface area (TPSA) is 70.2 Å². The number of imidazole rings is 1. The zero-order valence-electron chi connectivity index (χ0n) is 11.6. The Morgan fingerprint density at radius 3 is 2.84 bits per heavy atom. The lowest BCUT2D eigenvalue weighted by Gasteiger charge is -2.21. The van der Waals surface area contributed by atoms with E-state index in [1.54, 1.807) is 4.57 Å². The smallest absolute Gasteiger partial charge is 0.414 e. The molecule has 1 aliphatic heterocycles. The van der Waals surface area contributed by atoms with Gasteiger partial charge in [-0.3, -0.25) is 4.57 Å². The second-order valence-corrected chi connectivity index (χ2v) is 5.48. The van der Waals surface area contributed by atoms with Gasteiger partial charge in [0.1, 0.15) is 11.8 Å². The van der Waals surface area contributed by atoms with Crippen molar-refractivity contribution in [1.82, 2.24) is 9.55 Å². The summed E-state index contributed by atoms with van der Waals surface area (Å²) in [5, 5.41) is 10.6. The molecule has 0 bridgehead atoms. The quantitative estimate of drug-likeness (QED) is 0.431. The van der Waals surface area contributed by atoms with Gasteiger partial charge in [0.25, 0.3) is 0 Å². The first kappa shape index (κ1) is 13.8. The Morgan fingerprint density at radius 1 is 1.47 bits per heavy atom. The molecule has 0 aliphatic carbocycles. The van der Waals surface area contributed by atoms with Crippen molar-refractivity contribution in [1.29, 1.82) is 0 Å². The number of rotatable bonds is 7. The van der Waals surface area contributed by atoms with Crippen LogP contribution in [0.25, 0.3) is 0 Å². The van der Waals surface area contributed by atoms with E-state index in [2.05, 4.69) is 11.9 Å². The SMILES string of the molecule is CCCCCCCC1(C)Cn2cc([N+](=O)[O-])nc2O1. The molecule has 0 N–H and O–H groups in total. The molecular formula is C13H21N3O3. The molecule has 1 atom stereocenters. The fraction of sp³-hybridized carbons (Fsp3) is 0.769. The predicted molar refractivity (Wildman–Crippen MR) is 71.3 cm³/mol. The minimum absolute atomic E-state index is 0.139. The molecule has 1 aromatic rings. The summed E-state index contributed by atoms with van der Waals surface area (Å²) >= 11 is 0. The highest BCUT2D eigenvalue weighted by Gasteiger charge is 2.39. The molecule has 2 heterocycles. The van der Waals surface area contributed by atoms with Crippen LogP contribution >= 0.6 is 0 Å². The molecule has 0 radical (unpaired) electrons. The third-order valence-corrected chi connectivity index (χ3v) is 3.57. The highest BCUT2D eigenvalue weighted by Crippen LogP contribution is 2.33. The highest BCUT2D eigenvalue weighted by molar-refractivity contribution is 5.23. The monoisotopic (exact) mass is 267 g/mol. The van der Waals surface area contributed by atoms with Gasteiger partial charge in [0.05, 0.1) is 6.54 Å². The largest absolute Gasteiger partial charge is 0.438 e. The van der Waals surface area contributed by atoms with Crippen molar-refractivity contribution >= 4 is 5.82 Å². The normalized spacial score (nSPS) is 21.2. The minimum Gasteiger partial charge on any atom is -0.438 e. The molecule has 0 saturated carbocycles. The molecule has 1 aromatic heterocycles. The van der Waals surface area contributed by atoms with Gasteiger partial charge in [0, 0.05) is 4.98 Å². The molecule has 2 rings (SSSR count). The fourth-order valence-corrected chi connectivity index (χ4v) is 2.51. The zero-order valence-corrected chi connectivity index (χ0v) is 11.6. The van der Waals surface area contributed by atoms with Gasteiger partial charge in [-0.25, -0.2) is 0 Å². The zero-order chi connectivity index (χ0) is 13.9. The number of aromatic nitrogens is 2. The summed E-state index contributed by atoms with van der Waals surface area (Å²) < 4.78 is 7.52. The maximum Gasteiger partial charge on any atom is 0.414 e. The number of nitrogens with zero attached hydrogens (tertiary/aromatic N) is 3. The first-order valence-electron chi connectivity index (χ1n) is 6.95. The molecule has 1 aliphatic rings. The minimum atomic E-state index is -0.489. The van der Waals surface area contributed by atoms with E-state index < -0.39 is 4.92 Å².